The van der Waals surface area contributed by atoms with E-state index in [-0.39, 0.29) is 53.5 Å². The van der Waals surface area contributed by atoms with Gasteiger partial charge in [0.15, 0.2) is 5.75 Å². The first kappa shape index (κ1) is 21.2. The van der Waals surface area contributed by atoms with Crippen LogP contribution in [0.25, 0.3) is 10.8 Å². The van der Waals surface area contributed by atoms with E-state index in [9.17, 15) is 19.7 Å². The normalized spacial score (nSPS) is 24.6. The molecule has 174 valence electrons. The Labute approximate surface area is 200 Å². The molecule has 0 aromatic heterocycles. The number of benzene rings is 3. The van der Waals surface area contributed by atoms with E-state index in [2.05, 4.69) is 5.10 Å². The summed E-state index contributed by atoms with van der Waals surface area (Å²) in [4.78, 5) is 36.8. The molecular formula is C27H21N3O5. The number of nitrogens with zero attached hydrogens (tertiary/aromatic N) is 3. The summed E-state index contributed by atoms with van der Waals surface area (Å²) < 4.78 is 5.83. The smallest absolute Gasteiger partial charge is 0.311 e. The second-order valence-corrected chi connectivity index (χ2v) is 9.14. The maximum absolute atomic E-state index is 12.8. The molecule has 0 radical (unpaired) electrons. The Balaban J connectivity index is 1.21. The Morgan fingerprint density at radius 3 is 2.46 bits per heavy atom. The van der Waals surface area contributed by atoms with Crippen LogP contribution in [0.5, 0.6) is 5.75 Å². The fourth-order valence-corrected chi connectivity index (χ4v) is 5.58. The van der Waals surface area contributed by atoms with Gasteiger partial charge in [0, 0.05) is 11.6 Å². The number of nitro groups is 1. The molecule has 1 heterocycles. The van der Waals surface area contributed by atoms with Crippen LogP contribution in [-0.4, -0.2) is 28.0 Å². The molecule has 6 rings (SSSR count). The second-order valence-electron chi connectivity index (χ2n) is 9.14. The van der Waals surface area contributed by atoms with Crippen molar-refractivity contribution in [2.24, 2.45) is 28.8 Å². The zero-order valence-corrected chi connectivity index (χ0v) is 18.6. The molecule has 3 aromatic carbocycles. The lowest BCUT2D eigenvalue weighted by molar-refractivity contribution is -0.385. The molecule has 2 fully saturated rings. The van der Waals surface area contributed by atoms with E-state index in [0.29, 0.717) is 5.56 Å². The maximum atomic E-state index is 12.8. The third kappa shape index (κ3) is 3.49. The summed E-state index contributed by atoms with van der Waals surface area (Å²) in [5.41, 5.74) is 1.10. The van der Waals surface area contributed by atoms with Crippen molar-refractivity contribution in [3.63, 3.8) is 0 Å². The lowest BCUT2D eigenvalue weighted by Crippen LogP contribution is -2.28. The average Bonchev–Trinajstić information content (AvgIpc) is 3.55. The number of rotatable bonds is 6. The molecule has 0 unspecified atom stereocenters. The standard InChI is InChI=1S/C27H21N3O5/c31-26-24-18-9-10-19(13-18)25(24)27(32)29(26)28-14-16-8-11-23(22(12-16)30(33)34)35-15-20-6-3-5-17-4-1-2-7-21(17)20/h1-12,14,18-19,24-25H,13,15H2/t18-,19-,24-,25+/m0/s1. The molecule has 1 aliphatic heterocycles. The minimum absolute atomic E-state index is 0.0981. The Morgan fingerprint density at radius 2 is 1.71 bits per heavy atom. The van der Waals surface area contributed by atoms with E-state index in [0.717, 1.165) is 27.8 Å². The molecule has 2 bridgehead atoms. The summed E-state index contributed by atoms with van der Waals surface area (Å²) in [6.07, 6.45) is 6.19. The number of hydrogen-bond acceptors (Lipinski definition) is 6. The molecule has 2 aliphatic carbocycles. The predicted molar refractivity (Wildman–Crippen MR) is 129 cm³/mol. The van der Waals surface area contributed by atoms with Crippen molar-refractivity contribution in [2.75, 3.05) is 0 Å². The van der Waals surface area contributed by atoms with Crippen LogP contribution in [0, 0.1) is 33.8 Å². The third-order valence-electron chi connectivity index (χ3n) is 7.21. The van der Waals surface area contributed by atoms with Crippen molar-refractivity contribution in [1.29, 1.82) is 0 Å². The van der Waals surface area contributed by atoms with Crippen molar-refractivity contribution in [1.82, 2.24) is 5.01 Å². The van der Waals surface area contributed by atoms with Gasteiger partial charge in [0.2, 0.25) is 0 Å². The Hall–Kier alpha value is -4.33. The quantitative estimate of drug-likeness (QED) is 0.175. The predicted octanol–water partition coefficient (Wildman–Crippen LogP) is 4.47. The zero-order valence-electron chi connectivity index (χ0n) is 18.6. The van der Waals surface area contributed by atoms with Crippen molar-refractivity contribution < 1.29 is 19.2 Å². The number of allylic oxidation sites excluding steroid dienone is 2. The highest BCUT2D eigenvalue weighted by Gasteiger charge is 2.59. The number of imide groups is 1. The van der Waals surface area contributed by atoms with Gasteiger partial charge in [-0.1, -0.05) is 54.6 Å². The topological polar surface area (TPSA) is 102 Å². The van der Waals surface area contributed by atoms with Crippen LogP contribution in [0.15, 0.2) is 77.9 Å². The summed E-state index contributed by atoms with van der Waals surface area (Å²) in [5.74, 6) is -0.939. The molecular weight excluding hydrogens is 446 g/mol. The van der Waals surface area contributed by atoms with E-state index in [1.807, 2.05) is 54.6 Å². The van der Waals surface area contributed by atoms with E-state index in [1.165, 1.54) is 18.3 Å². The highest BCUT2D eigenvalue weighted by Crippen LogP contribution is 2.52. The van der Waals surface area contributed by atoms with Gasteiger partial charge in [-0.25, -0.2) is 0 Å². The van der Waals surface area contributed by atoms with Crippen LogP contribution in [0.2, 0.25) is 0 Å². The average molecular weight is 467 g/mol. The number of amides is 2. The Bertz CT molecular complexity index is 1410. The van der Waals surface area contributed by atoms with Gasteiger partial charge in [0.05, 0.1) is 23.0 Å². The van der Waals surface area contributed by atoms with Crippen molar-refractivity contribution >= 4 is 34.5 Å². The van der Waals surface area contributed by atoms with Gasteiger partial charge in [0.25, 0.3) is 11.8 Å². The molecule has 1 saturated carbocycles. The van der Waals surface area contributed by atoms with E-state index < -0.39 is 4.92 Å². The van der Waals surface area contributed by atoms with E-state index in [4.69, 9.17) is 4.74 Å². The van der Waals surface area contributed by atoms with Gasteiger partial charge >= 0.3 is 5.69 Å². The molecule has 4 atom stereocenters. The van der Waals surface area contributed by atoms with Crippen LogP contribution >= 0.6 is 0 Å². The highest BCUT2D eigenvalue weighted by molar-refractivity contribution is 6.06. The molecule has 3 aromatic rings. The van der Waals surface area contributed by atoms with Gasteiger partial charge in [-0.3, -0.25) is 19.7 Å². The number of ether oxygens (including phenoxy) is 1. The zero-order chi connectivity index (χ0) is 24.1. The number of hydrazone groups is 1. The first-order chi connectivity index (χ1) is 17.0. The van der Waals surface area contributed by atoms with E-state index >= 15 is 0 Å². The number of hydrogen-bond donors (Lipinski definition) is 0. The van der Waals surface area contributed by atoms with Crippen LogP contribution in [-0.2, 0) is 16.2 Å². The second kappa shape index (κ2) is 8.16. The summed E-state index contributed by atoms with van der Waals surface area (Å²) in [5, 5.41) is 18.9. The van der Waals surface area contributed by atoms with Crippen LogP contribution < -0.4 is 4.74 Å². The number of carbonyl (C=O) groups is 2. The largest absolute Gasteiger partial charge is 0.482 e. The van der Waals surface area contributed by atoms with Crippen LogP contribution in [0.4, 0.5) is 5.69 Å². The fraction of sp³-hybridized carbons (Fsp3) is 0.222. The lowest BCUT2D eigenvalue weighted by Gasteiger charge is -2.13. The molecule has 1 saturated heterocycles. The van der Waals surface area contributed by atoms with Crippen molar-refractivity contribution in [3.05, 3.63) is 94.1 Å². The highest BCUT2D eigenvalue weighted by atomic mass is 16.6. The summed E-state index contributed by atoms with van der Waals surface area (Å²) in [7, 11) is 0. The summed E-state index contributed by atoms with van der Waals surface area (Å²) >= 11 is 0. The van der Waals surface area contributed by atoms with Gasteiger partial charge in [0.1, 0.15) is 6.61 Å². The lowest BCUT2D eigenvalue weighted by atomic mass is 9.85. The summed E-state index contributed by atoms with van der Waals surface area (Å²) in [6, 6.07) is 18.2. The molecule has 8 heteroatoms. The maximum Gasteiger partial charge on any atom is 0.311 e. The third-order valence-corrected chi connectivity index (χ3v) is 7.21. The SMILES string of the molecule is O=C1[C@@H]2[C@H](C(=O)N1N=Cc1ccc(OCc3cccc4ccccc34)c([N+](=O)[O-])c1)[C@H]1C=C[C@H]2C1. The molecule has 8 nitrogen and oxygen atoms in total. The van der Waals surface area contributed by atoms with Gasteiger partial charge in [-0.2, -0.15) is 10.1 Å². The first-order valence-electron chi connectivity index (χ1n) is 11.5. The minimum atomic E-state index is -0.518. The number of nitro benzene ring substituents is 1. The van der Waals surface area contributed by atoms with E-state index in [1.54, 1.807) is 6.07 Å². The van der Waals surface area contributed by atoms with Gasteiger partial charge in [-0.05, 0) is 46.7 Å². The number of carbonyl (C=O) groups excluding carboxylic acids is 2. The first-order valence-corrected chi connectivity index (χ1v) is 11.5. The molecule has 2 amide bonds. The Morgan fingerprint density at radius 1 is 1.00 bits per heavy atom. The molecule has 0 spiro atoms. The van der Waals surface area contributed by atoms with Crippen molar-refractivity contribution in [2.45, 2.75) is 13.0 Å². The van der Waals surface area contributed by atoms with Gasteiger partial charge in [-0.15, -0.1) is 0 Å². The Kier molecular flexibility index (Phi) is 4.95. The molecule has 35 heavy (non-hydrogen) atoms. The van der Waals surface area contributed by atoms with Crippen LogP contribution in [0.3, 0.4) is 0 Å². The molecule has 0 N–H and O–H groups in total. The minimum Gasteiger partial charge on any atom is -0.482 e. The van der Waals surface area contributed by atoms with Gasteiger partial charge < -0.3 is 4.74 Å². The fourth-order valence-electron chi connectivity index (χ4n) is 5.58. The number of fused-ring (bicyclic) bond motifs is 6. The van der Waals surface area contributed by atoms with Crippen LogP contribution in [0.1, 0.15) is 17.5 Å². The monoisotopic (exact) mass is 467 g/mol. The molecule has 3 aliphatic rings. The summed E-state index contributed by atoms with van der Waals surface area (Å²) in [6.45, 7) is 0.172. The van der Waals surface area contributed by atoms with Crippen molar-refractivity contribution in [3.8, 4) is 5.75 Å².